The summed E-state index contributed by atoms with van der Waals surface area (Å²) < 4.78 is 0. The first kappa shape index (κ1) is 6.33. The number of rotatable bonds is 0. The Labute approximate surface area is 55.2 Å². The summed E-state index contributed by atoms with van der Waals surface area (Å²) in [5.74, 6) is 0.945. The molecule has 9 heavy (non-hydrogen) atoms. The Morgan fingerprint density at radius 2 is 2.00 bits per heavy atom. The molecular weight excluding hydrogens is 114 g/mol. The molecule has 1 rings (SSSR count). The molecule has 0 amide bonds. The second-order valence-electron chi connectivity index (χ2n) is 2.43. The normalized spacial score (nSPS) is 19.2. The van der Waals surface area contributed by atoms with Crippen LogP contribution in [-0.2, 0) is 4.84 Å². The van der Waals surface area contributed by atoms with Crippen LogP contribution >= 0.6 is 0 Å². The van der Waals surface area contributed by atoms with Gasteiger partial charge in [-0.1, -0.05) is 5.16 Å². The fraction of sp³-hybridized carbons (Fsp3) is 0.571. The second kappa shape index (κ2) is 2.21. The zero-order chi connectivity index (χ0) is 6.85. The molecule has 1 aliphatic heterocycles. The third kappa shape index (κ3) is 1.31. The molecule has 0 saturated carbocycles. The van der Waals surface area contributed by atoms with Crippen molar-refractivity contribution in [3.63, 3.8) is 0 Å². The van der Waals surface area contributed by atoms with E-state index in [9.17, 15) is 0 Å². The Morgan fingerprint density at radius 1 is 1.33 bits per heavy atom. The summed E-state index contributed by atoms with van der Waals surface area (Å²) in [5, 5.41) is 3.82. The average Bonchev–Trinajstić information content (AvgIpc) is 1.80. The molecule has 0 aliphatic carbocycles. The third-order valence-corrected chi connectivity index (χ3v) is 1.46. The van der Waals surface area contributed by atoms with E-state index in [2.05, 4.69) is 12.1 Å². The van der Waals surface area contributed by atoms with Crippen LogP contribution in [0, 0.1) is 0 Å². The lowest BCUT2D eigenvalue weighted by atomic mass is 10.1. The summed E-state index contributed by atoms with van der Waals surface area (Å²) in [5.41, 5.74) is 2.33. The van der Waals surface area contributed by atoms with Crippen LogP contribution in [0.4, 0.5) is 0 Å². The highest BCUT2D eigenvalue weighted by Gasteiger charge is 2.05. The van der Waals surface area contributed by atoms with Gasteiger partial charge in [0.25, 0.3) is 0 Å². The first-order valence-electron chi connectivity index (χ1n) is 3.07. The van der Waals surface area contributed by atoms with Gasteiger partial charge in [-0.15, -0.1) is 0 Å². The highest BCUT2D eigenvalue weighted by Crippen LogP contribution is 2.15. The average molecular weight is 125 g/mol. The first-order chi connectivity index (χ1) is 4.20. The number of nitrogens with zero attached hydrogens (tertiary/aromatic N) is 1. The Bertz CT molecular complexity index is 179. The van der Waals surface area contributed by atoms with Gasteiger partial charge in [0.2, 0.25) is 0 Å². The predicted molar refractivity (Wildman–Crippen MR) is 37.2 cm³/mol. The summed E-state index contributed by atoms with van der Waals surface area (Å²) in [7, 11) is 0. The molecule has 0 bridgehead atoms. The number of hydrogen-bond donors (Lipinski definition) is 0. The number of allylic oxidation sites excluding steroid dienone is 2. The van der Waals surface area contributed by atoms with E-state index in [0.29, 0.717) is 0 Å². The highest BCUT2D eigenvalue weighted by molar-refractivity contribution is 5.84. The zero-order valence-electron chi connectivity index (χ0n) is 6.06. The van der Waals surface area contributed by atoms with Crippen LogP contribution in [0.3, 0.4) is 0 Å². The predicted octanol–water partition coefficient (Wildman–Crippen LogP) is 2.08. The maximum Gasteiger partial charge on any atom is 0.131 e. The van der Waals surface area contributed by atoms with Crippen LogP contribution in [-0.4, -0.2) is 5.71 Å². The molecule has 0 fully saturated rings. The summed E-state index contributed by atoms with van der Waals surface area (Å²) in [6.07, 6.45) is 0.964. The van der Waals surface area contributed by atoms with E-state index in [0.717, 1.165) is 17.9 Å². The monoisotopic (exact) mass is 125 g/mol. The van der Waals surface area contributed by atoms with Crippen LogP contribution in [0.1, 0.15) is 27.2 Å². The molecule has 0 saturated heterocycles. The Kier molecular flexibility index (Phi) is 1.56. The van der Waals surface area contributed by atoms with E-state index in [1.54, 1.807) is 0 Å². The largest absolute Gasteiger partial charge is 0.362 e. The topological polar surface area (TPSA) is 21.6 Å². The molecule has 1 aliphatic rings. The van der Waals surface area contributed by atoms with Gasteiger partial charge >= 0.3 is 0 Å². The Hall–Kier alpha value is -0.790. The van der Waals surface area contributed by atoms with E-state index < -0.39 is 0 Å². The molecule has 0 spiro atoms. The zero-order valence-corrected chi connectivity index (χ0v) is 6.06. The quantitative estimate of drug-likeness (QED) is 0.485. The van der Waals surface area contributed by atoms with Crippen molar-refractivity contribution in [3.8, 4) is 0 Å². The molecule has 0 unspecified atom stereocenters. The molecule has 0 radical (unpaired) electrons. The van der Waals surface area contributed by atoms with Gasteiger partial charge in [-0.25, -0.2) is 0 Å². The smallest absolute Gasteiger partial charge is 0.131 e. The van der Waals surface area contributed by atoms with Gasteiger partial charge in [0.15, 0.2) is 0 Å². The van der Waals surface area contributed by atoms with Crippen molar-refractivity contribution in [2.75, 3.05) is 0 Å². The highest BCUT2D eigenvalue weighted by atomic mass is 16.6. The number of hydrogen-bond acceptors (Lipinski definition) is 2. The lowest BCUT2D eigenvalue weighted by Gasteiger charge is -2.10. The van der Waals surface area contributed by atoms with Crippen molar-refractivity contribution >= 4 is 5.71 Å². The molecule has 1 heterocycles. The van der Waals surface area contributed by atoms with Gasteiger partial charge in [0.1, 0.15) is 5.76 Å². The van der Waals surface area contributed by atoms with Gasteiger partial charge in [-0.2, -0.15) is 0 Å². The van der Waals surface area contributed by atoms with Gasteiger partial charge in [0, 0.05) is 6.42 Å². The van der Waals surface area contributed by atoms with Gasteiger partial charge in [0.05, 0.1) is 5.71 Å². The Balaban J connectivity index is 2.70. The first-order valence-corrected chi connectivity index (χ1v) is 3.07. The number of oxime groups is 1. The molecule has 0 aromatic carbocycles. The van der Waals surface area contributed by atoms with E-state index in [-0.39, 0.29) is 0 Å². The van der Waals surface area contributed by atoms with E-state index in [4.69, 9.17) is 4.84 Å². The van der Waals surface area contributed by atoms with Crippen molar-refractivity contribution in [2.45, 2.75) is 27.2 Å². The van der Waals surface area contributed by atoms with Crippen LogP contribution < -0.4 is 0 Å². The SMILES string of the molecule is CC1=NOC(C)=C(C)C1. The molecule has 2 nitrogen and oxygen atoms in total. The minimum absolute atomic E-state index is 0.945. The van der Waals surface area contributed by atoms with Crippen molar-refractivity contribution < 1.29 is 4.84 Å². The van der Waals surface area contributed by atoms with Crippen molar-refractivity contribution in [2.24, 2.45) is 5.16 Å². The lowest BCUT2D eigenvalue weighted by Crippen LogP contribution is -2.02. The van der Waals surface area contributed by atoms with Gasteiger partial charge in [-0.3, -0.25) is 0 Å². The van der Waals surface area contributed by atoms with Crippen LogP contribution in [0.25, 0.3) is 0 Å². The lowest BCUT2D eigenvalue weighted by molar-refractivity contribution is 0.218. The molecule has 50 valence electrons. The minimum atomic E-state index is 0.945. The van der Waals surface area contributed by atoms with Gasteiger partial charge < -0.3 is 4.84 Å². The minimum Gasteiger partial charge on any atom is -0.362 e. The molecule has 0 N–H and O–H groups in total. The maximum absolute atomic E-state index is 4.97. The summed E-state index contributed by atoms with van der Waals surface area (Å²) >= 11 is 0. The standard InChI is InChI=1S/C7H11NO/c1-5-4-6(2)8-9-7(5)3/h4H2,1-3H3. The van der Waals surface area contributed by atoms with E-state index in [1.165, 1.54) is 5.57 Å². The maximum atomic E-state index is 4.97. The second-order valence-corrected chi connectivity index (χ2v) is 2.43. The van der Waals surface area contributed by atoms with Crippen LogP contribution in [0.2, 0.25) is 0 Å². The Morgan fingerprint density at radius 3 is 2.44 bits per heavy atom. The van der Waals surface area contributed by atoms with Crippen molar-refractivity contribution in [3.05, 3.63) is 11.3 Å². The summed E-state index contributed by atoms with van der Waals surface area (Å²) in [6, 6.07) is 0. The van der Waals surface area contributed by atoms with Crippen molar-refractivity contribution in [1.82, 2.24) is 0 Å². The third-order valence-electron chi connectivity index (χ3n) is 1.46. The molecule has 0 atom stereocenters. The summed E-state index contributed by atoms with van der Waals surface area (Å²) in [4.78, 5) is 4.97. The molecular formula is C7H11NO. The van der Waals surface area contributed by atoms with Crippen LogP contribution in [0.5, 0.6) is 0 Å². The molecule has 0 aromatic heterocycles. The molecule has 2 heteroatoms. The van der Waals surface area contributed by atoms with Crippen LogP contribution in [0.15, 0.2) is 16.5 Å². The fourth-order valence-corrected chi connectivity index (χ4v) is 0.765. The molecule has 0 aromatic rings. The van der Waals surface area contributed by atoms with Crippen molar-refractivity contribution in [1.29, 1.82) is 0 Å². The van der Waals surface area contributed by atoms with Gasteiger partial charge in [-0.05, 0) is 26.3 Å². The van der Waals surface area contributed by atoms with E-state index in [1.807, 2.05) is 13.8 Å². The van der Waals surface area contributed by atoms with E-state index >= 15 is 0 Å². The summed E-state index contributed by atoms with van der Waals surface area (Å²) in [6.45, 7) is 5.97. The fourth-order valence-electron chi connectivity index (χ4n) is 0.765.